The Labute approximate surface area is 101 Å². The predicted molar refractivity (Wildman–Crippen MR) is 68.5 cm³/mol. The molecule has 0 saturated heterocycles. The van der Waals surface area contributed by atoms with Gasteiger partial charge in [0.25, 0.3) is 0 Å². The maximum absolute atomic E-state index is 4.11. The van der Waals surface area contributed by atoms with E-state index in [1.54, 1.807) is 0 Å². The summed E-state index contributed by atoms with van der Waals surface area (Å²) in [4.78, 5) is 10.2. The Morgan fingerprint density at radius 2 is 1.94 bits per heavy atom. The number of H-pyrrole nitrogens is 2. The number of hydrogen-bond acceptors (Lipinski definition) is 4. The summed E-state index contributed by atoms with van der Waals surface area (Å²) in [5, 5.41) is 8.16. The highest BCUT2D eigenvalue weighted by Gasteiger charge is 2.08. The molecule has 0 aliphatic heterocycles. The fraction of sp³-hybridized carbons (Fsp3) is 0.455. The molecular weight excluding hydrogens is 216 g/mol. The molecule has 0 spiro atoms. The van der Waals surface area contributed by atoms with E-state index in [2.05, 4.69) is 31.1 Å². The van der Waals surface area contributed by atoms with Gasteiger partial charge in [-0.05, 0) is 18.1 Å². The number of aromatic nitrogens is 4. The Morgan fingerprint density at radius 1 is 1.18 bits per heavy atom. The van der Waals surface area contributed by atoms with Crippen molar-refractivity contribution in [2.45, 2.75) is 6.42 Å². The van der Waals surface area contributed by atoms with E-state index in [9.17, 15) is 0 Å². The van der Waals surface area contributed by atoms with E-state index in [-0.39, 0.29) is 0 Å². The lowest BCUT2D eigenvalue weighted by Gasteiger charge is -2.14. The molecule has 0 aliphatic carbocycles. The maximum Gasteiger partial charge on any atom is 0.225 e. The van der Waals surface area contributed by atoms with Crippen LogP contribution >= 0.6 is 0 Å². The fourth-order valence-corrected chi connectivity index (χ4v) is 1.53. The summed E-state index contributed by atoms with van der Waals surface area (Å²) >= 11 is 0. The van der Waals surface area contributed by atoms with E-state index in [4.69, 9.17) is 0 Å². The lowest BCUT2D eigenvalue weighted by Crippen LogP contribution is -2.21. The van der Waals surface area contributed by atoms with Crippen molar-refractivity contribution in [3.63, 3.8) is 0 Å². The standard InChI is InChI=1S/C11H18N6/c1-16(2)10-13-11(15-14-10)17(3)7-5-9-4-6-12-8-9/h4,6,8,12H,5,7H2,1-3H3,(H,13,14,15). The number of anilines is 2. The second-order valence-electron chi connectivity index (χ2n) is 4.26. The Balaban J connectivity index is 1.92. The first kappa shape index (κ1) is 11.5. The largest absolute Gasteiger partial charge is 0.367 e. The molecule has 6 heteroatoms. The molecule has 2 rings (SSSR count). The second-order valence-corrected chi connectivity index (χ2v) is 4.26. The van der Waals surface area contributed by atoms with Gasteiger partial charge in [-0.2, -0.15) is 0 Å². The van der Waals surface area contributed by atoms with Gasteiger partial charge in [-0.3, -0.25) is 4.98 Å². The van der Waals surface area contributed by atoms with Gasteiger partial charge >= 0.3 is 0 Å². The van der Waals surface area contributed by atoms with Crippen molar-refractivity contribution in [1.82, 2.24) is 20.2 Å². The molecule has 0 unspecified atom stereocenters. The number of likely N-dealkylation sites (N-methyl/N-ethyl adjacent to an activating group) is 1. The predicted octanol–water partition coefficient (Wildman–Crippen LogP) is 0.878. The number of nitrogens with one attached hydrogen (secondary N) is 2. The summed E-state index contributed by atoms with van der Waals surface area (Å²) < 4.78 is 0. The number of aromatic amines is 2. The molecule has 0 fully saturated rings. The van der Waals surface area contributed by atoms with Crippen LogP contribution < -0.4 is 9.80 Å². The molecule has 0 aliphatic rings. The van der Waals surface area contributed by atoms with E-state index in [0.29, 0.717) is 0 Å². The van der Waals surface area contributed by atoms with Crippen LogP contribution in [0, 0.1) is 0 Å². The SMILES string of the molecule is CN(C)c1nnc(N(C)CCc2cc[nH]c2)[nH]1. The van der Waals surface area contributed by atoms with Gasteiger partial charge in [-0.15, -0.1) is 10.2 Å². The summed E-state index contributed by atoms with van der Waals surface area (Å²) in [6, 6.07) is 2.08. The van der Waals surface area contributed by atoms with Crippen LogP contribution in [0.15, 0.2) is 18.5 Å². The molecule has 0 atom stereocenters. The molecule has 17 heavy (non-hydrogen) atoms. The van der Waals surface area contributed by atoms with Crippen LogP contribution in [0.4, 0.5) is 11.9 Å². The van der Waals surface area contributed by atoms with Gasteiger partial charge in [0.1, 0.15) is 0 Å². The monoisotopic (exact) mass is 234 g/mol. The van der Waals surface area contributed by atoms with Gasteiger partial charge < -0.3 is 14.8 Å². The average Bonchev–Trinajstić information content (AvgIpc) is 2.96. The third kappa shape index (κ3) is 2.77. The lowest BCUT2D eigenvalue weighted by molar-refractivity contribution is 0.841. The molecule has 0 radical (unpaired) electrons. The van der Waals surface area contributed by atoms with Gasteiger partial charge in [0.05, 0.1) is 0 Å². The number of rotatable bonds is 5. The van der Waals surface area contributed by atoms with Crippen molar-refractivity contribution in [1.29, 1.82) is 0 Å². The van der Waals surface area contributed by atoms with Crippen LogP contribution in [0.3, 0.4) is 0 Å². The van der Waals surface area contributed by atoms with Crippen molar-refractivity contribution in [2.24, 2.45) is 0 Å². The summed E-state index contributed by atoms with van der Waals surface area (Å²) in [6.07, 6.45) is 4.94. The molecule has 0 aromatic carbocycles. The van der Waals surface area contributed by atoms with Crippen LogP contribution in [0.2, 0.25) is 0 Å². The molecule has 2 aromatic heterocycles. The summed E-state index contributed by atoms with van der Waals surface area (Å²) in [7, 11) is 5.88. The van der Waals surface area contributed by atoms with Crippen LogP contribution in [0.1, 0.15) is 5.56 Å². The molecule has 0 amide bonds. The summed E-state index contributed by atoms with van der Waals surface area (Å²) in [6.45, 7) is 0.903. The Hall–Kier alpha value is -1.98. The van der Waals surface area contributed by atoms with Gasteiger partial charge in [0.15, 0.2) is 0 Å². The lowest BCUT2D eigenvalue weighted by atomic mass is 10.2. The third-order valence-electron chi connectivity index (χ3n) is 2.65. The summed E-state index contributed by atoms with van der Waals surface area (Å²) in [5.41, 5.74) is 1.30. The highest BCUT2D eigenvalue weighted by atomic mass is 15.4. The molecule has 6 nitrogen and oxygen atoms in total. The Bertz CT molecular complexity index is 444. The molecule has 0 saturated carbocycles. The molecular formula is C11H18N6. The minimum Gasteiger partial charge on any atom is -0.367 e. The number of hydrogen-bond donors (Lipinski definition) is 2. The third-order valence-corrected chi connectivity index (χ3v) is 2.65. The molecule has 2 heterocycles. The highest BCUT2D eigenvalue weighted by Crippen LogP contribution is 2.10. The van der Waals surface area contributed by atoms with Crippen molar-refractivity contribution in [3.05, 3.63) is 24.0 Å². The summed E-state index contributed by atoms with van der Waals surface area (Å²) in [5.74, 6) is 1.57. The second kappa shape index (κ2) is 4.90. The van der Waals surface area contributed by atoms with E-state index in [0.717, 1.165) is 24.9 Å². The first-order valence-corrected chi connectivity index (χ1v) is 5.59. The van der Waals surface area contributed by atoms with Crippen molar-refractivity contribution >= 4 is 11.9 Å². The molecule has 2 aromatic rings. The van der Waals surface area contributed by atoms with Gasteiger partial charge in [0, 0.05) is 40.1 Å². The van der Waals surface area contributed by atoms with Crippen molar-refractivity contribution in [2.75, 3.05) is 37.5 Å². The topological polar surface area (TPSA) is 63.8 Å². The van der Waals surface area contributed by atoms with E-state index in [1.807, 2.05) is 38.4 Å². The van der Waals surface area contributed by atoms with E-state index < -0.39 is 0 Å². The molecule has 2 N–H and O–H groups in total. The maximum atomic E-state index is 4.11. The fourth-order valence-electron chi connectivity index (χ4n) is 1.53. The number of nitrogens with zero attached hydrogens (tertiary/aromatic N) is 4. The molecule has 0 bridgehead atoms. The van der Waals surface area contributed by atoms with Gasteiger partial charge in [-0.25, -0.2) is 0 Å². The van der Waals surface area contributed by atoms with Crippen LogP contribution in [-0.4, -0.2) is 47.9 Å². The van der Waals surface area contributed by atoms with Gasteiger partial charge in [-0.1, -0.05) is 0 Å². The van der Waals surface area contributed by atoms with Crippen molar-refractivity contribution < 1.29 is 0 Å². The highest BCUT2D eigenvalue weighted by molar-refractivity contribution is 5.36. The van der Waals surface area contributed by atoms with E-state index >= 15 is 0 Å². The molecule has 92 valence electrons. The first-order valence-electron chi connectivity index (χ1n) is 5.59. The quantitative estimate of drug-likeness (QED) is 0.806. The van der Waals surface area contributed by atoms with E-state index in [1.165, 1.54) is 5.56 Å². The smallest absolute Gasteiger partial charge is 0.225 e. The van der Waals surface area contributed by atoms with Crippen LogP contribution in [0.25, 0.3) is 0 Å². The first-order chi connectivity index (χ1) is 8.16. The zero-order valence-electron chi connectivity index (χ0n) is 10.4. The minimum atomic E-state index is 0.772. The normalized spacial score (nSPS) is 10.5. The van der Waals surface area contributed by atoms with Crippen LogP contribution in [0.5, 0.6) is 0 Å². The zero-order chi connectivity index (χ0) is 12.3. The average molecular weight is 234 g/mol. The Kier molecular flexibility index (Phi) is 3.32. The van der Waals surface area contributed by atoms with Crippen molar-refractivity contribution in [3.8, 4) is 0 Å². The minimum absolute atomic E-state index is 0.772. The Morgan fingerprint density at radius 3 is 2.53 bits per heavy atom. The van der Waals surface area contributed by atoms with Gasteiger partial charge in [0.2, 0.25) is 11.9 Å². The zero-order valence-corrected chi connectivity index (χ0v) is 10.4. The van der Waals surface area contributed by atoms with Crippen LogP contribution in [-0.2, 0) is 6.42 Å².